The molecule has 4 nitrogen and oxygen atoms in total. The van der Waals surface area contributed by atoms with E-state index in [1.165, 1.54) is 0 Å². The van der Waals surface area contributed by atoms with E-state index < -0.39 is 23.3 Å². The van der Waals surface area contributed by atoms with Gasteiger partial charge in [0.25, 0.3) is 0 Å². The molecule has 1 aliphatic rings. The van der Waals surface area contributed by atoms with Gasteiger partial charge in [0.05, 0.1) is 0 Å². The van der Waals surface area contributed by atoms with Crippen molar-refractivity contribution >= 4 is 19.4 Å². The van der Waals surface area contributed by atoms with Crippen molar-refractivity contribution in [3.63, 3.8) is 0 Å². The molecule has 5 heteroatoms. The van der Waals surface area contributed by atoms with Gasteiger partial charge in [-0.3, -0.25) is 0 Å². The van der Waals surface area contributed by atoms with Crippen LogP contribution in [0, 0.1) is 0 Å². The average molecular weight is 289 g/mol. The van der Waals surface area contributed by atoms with Gasteiger partial charge in [0.15, 0.2) is 0 Å². The molecular formula is C11H14O4Se. The van der Waals surface area contributed by atoms with Crippen LogP contribution >= 0.6 is 0 Å². The molecule has 88 valence electrons. The van der Waals surface area contributed by atoms with E-state index in [9.17, 15) is 15.3 Å². The van der Waals surface area contributed by atoms with Crippen molar-refractivity contribution in [3.8, 4) is 0 Å². The zero-order chi connectivity index (χ0) is 11.5. The Morgan fingerprint density at radius 1 is 1.06 bits per heavy atom. The van der Waals surface area contributed by atoms with Gasteiger partial charge in [-0.15, -0.1) is 0 Å². The maximum atomic E-state index is 9.75. The standard InChI is InChI=1S/C11H14O4Se/c12-8-6-15-11(10(14)9(8)13)16-7-4-2-1-3-5-7/h1-5,8-14H,6H2/t8-,9+,10-,11+/m1/s1. The van der Waals surface area contributed by atoms with E-state index in [1.807, 2.05) is 30.3 Å². The van der Waals surface area contributed by atoms with Gasteiger partial charge < -0.3 is 0 Å². The van der Waals surface area contributed by atoms with Gasteiger partial charge in [0.2, 0.25) is 0 Å². The zero-order valence-electron chi connectivity index (χ0n) is 8.56. The minimum atomic E-state index is -1.11. The van der Waals surface area contributed by atoms with Crippen LogP contribution in [-0.2, 0) is 4.74 Å². The molecule has 1 aromatic rings. The molecule has 1 fully saturated rings. The Kier molecular flexibility index (Phi) is 3.97. The number of ether oxygens (including phenoxy) is 1. The third-order valence-corrected chi connectivity index (χ3v) is 4.95. The second kappa shape index (κ2) is 5.27. The number of benzene rings is 1. The third kappa shape index (κ3) is 2.63. The summed E-state index contributed by atoms with van der Waals surface area (Å²) >= 11 is -0.0677. The molecule has 0 amide bonds. The van der Waals surface area contributed by atoms with Gasteiger partial charge in [-0.1, -0.05) is 0 Å². The Hall–Kier alpha value is -0.421. The van der Waals surface area contributed by atoms with E-state index in [0.717, 1.165) is 4.46 Å². The third-order valence-electron chi connectivity index (χ3n) is 2.45. The van der Waals surface area contributed by atoms with Crippen LogP contribution in [0.15, 0.2) is 30.3 Å². The topological polar surface area (TPSA) is 69.9 Å². The van der Waals surface area contributed by atoms with Crippen LogP contribution < -0.4 is 4.46 Å². The predicted molar refractivity (Wildman–Crippen MR) is 59.6 cm³/mol. The van der Waals surface area contributed by atoms with E-state index >= 15 is 0 Å². The average Bonchev–Trinajstić information content (AvgIpc) is 2.31. The summed E-state index contributed by atoms with van der Waals surface area (Å²) in [6.07, 6.45) is -3.11. The van der Waals surface area contributed by atoms with E-state index in [-0.39, 0.29) is 21.6 Å². The molecule has 3 N–H and O–H groups in total. The summed E-state index contributed by atoms with van der Waals surface area (Å²) in [6, 6.07) is 9.71. The van der Waals surface area contributed by atoms with Crippen molar-refractivity contribution in [2.75, 3.05) is 6.61 Å². The molecule has 2 rings (SSSR count). The molecule has 4 atom stereocenters. The first kappa shape index (κ1) is 12.0. The Morgan fingerprint density at radius 3 is 2.44 bits per heavy atom. The van der Waals surface area contributed by atoms with Crippen LogP contribution in [-0.4, -0.2) is 60.2 Å². The van der Waals surface area contributed by atoms with E-state index in [4.69, 9.17) is 4.74 Å². The normalized spacial score (nSPS) is 34.9. The van der Waals surface area contributed by atoms with E-state index in [1.54, 1.807) is 0 Å². The molecule has 1 heterocycles. The second-order valence-corrected chi connectivity index (χ2v) is 6.14. The Balaban J connectivity index is 2.00. The molecule has 0 unspecified atom stereocenters. The molecule has 0 radical (unpaired) electrons. The first-order chi connectivity index (χ1) is 7.68. The predicted octanol–water partition coefficient (Wildman–Crippen LogP) is -1.54. The molecule has 16 heavy (non-hydrogen) atoms. The number of hydrogen-bond acceptors (Lipinski definition) is 4. The number of rotatable bonds is 2. The van der Waals surface area contributed by atoms with Gasteiger partial charge in [0, 0.05) is 0 Å². The number of aliphatic hydroxyl groups is 3. The van der Waals surface area contributed by atoms with E-state index in [0.29, 0.717) is 0 Å². The first-order valence-electron chi connectivity index (χ1n) is 5.06. The fraction of sp³-hybridized carbons (Fsp3) is 0.455. The molecule has 1 aromatic carbocycles. The SMILES string of the molecule is O[C@@H]1[C@@H](O)[C@H]([Se]c2ccccc2)OC[C@H]1O. The second-order valence-electron chi connectivity index (χ2n) is 3.68. The summed E-state index contributed by atoms with van der Waals surface area (Å²) in [5.74, 6) is 0. The van der Waals surface area contributed by atoms with Crippen molar-refractivity contribution in [2.24, 2.45) is 0 Å². The van der Waals surface area contributed by atoms with Gasteiger partial charge in [0.1, 0.15) is 0 Å². The Labute approximate surface area is 100 Å². The molecule has 0 aromatic heterocycles. The van der Waals surface area contributed by atoms with Crippen LogP contribution in [0.5, 0.6) is 0 Å². The molecule has 0 spiro atoms. The van der Waals surface area contributed by atoms with Crippen LogP contribution in [0.25, 0.3) is 0 Å². The molecule has 0 bridgehead atoms. The molecule has 1 aliphatic heterocycles. The fourth-order valence-corrected chi connectivity index (χ4v) is 3.68. The zero-order valence-corrected chi connectivity index (χ0v) is 10.3. The molecule has 0 aliphatic carbocycles. The van der Waals surface area contributed by atoms with Crippen molar-refractivity contribution in [1.82, 2.24) is 0 Å². The van der Waals surface area contributed by atoms with Gasteiger partial charge in [-0.05, 0) is 0 Å². The summed E-state index contributed by atoms with van der Waals surface area (Å²) in [6.45, 7) is 0.0808. The Morgan fingerprint density at radius 2 is 1.75 bits per heavy atom. The minimum absolute atomic E-state index is 0.0677. The number of aliphatic hydroxyl groups excluding tert-OH is 3. The summed E-state index contributed by atoms with van der Waals surface area (Å²) in [4.78, 5) is 0. The van der Waals surface area contributed by atoms with Crippen molar-refractivity contribution < 1.29 is 20.1 Å². The fourth-order valence-electron chi connectivity index (χ4n) is 1.52. The van der Waals surface area contributed by atoms with Crippen LogP contribution in [0.1, 0.15) is 0 Å². The van der Waals surface area contributed by atoms with E-state index in [2.05, 4.69) is 0 Å². The molecular weight excluding hydrogens is 275 g/mol. The van der Waals surface area contributed by atoms with Gasteiger partial charge in [-0.2, -0.15) is 0 Å². The maximum absolute atomic E-state index is 9.75. The Bertz CT molecular complexity index is 332. The quantitative estimate of drug-likeness (QED) is 0.577. The van der Waals surface area contributed by atoms with Gasteiger partial charge in [-0.25, -0.2) is 0 Å². The summed E-state index contributed by atoms with van der Waals surface area (Å²) in [5, 5.41) is 28.2. The van der Waals surface area contributed by atoms with Crippen molar-refractivity contribution in [2.45, 2.75) is 23.3 Å². The van der Waals surface area contributed by atoms with Crippen LogP contribution in [0.2, 0.25) is 0 Å². The number of hydrogen-bond donors (Lipinski definition) is 3. The van der Waals surface area contributed by atoms with Gasteiger partial charge >= 0.3 is 99.7 Å². The van der Waals surface area contributed by atoms with Crippen molar-refractivity contribution in [1.29, 1.82) is 0 Å². The van der Waals surface area contributed by atoms with Crippen LogP contribution in [0.4, 0.5) is 0 Å². The summed E-state index contributed by atoms with van der Waals surface area (Å²) < 4.78 is 6.44. The monoisotopic (exact) mass is 290 g/mol. The molecule has 1 saturated heterocycles. The summed E-state index contributed by atoms with van der Waals surface area (Å²) in [7, 11) is 0. The van der Waals surface area contributed by atoms with Crippen molar-refractivity contribution in [3.05, 3.63) is 30.3 Å². The van der Waals surface area contributed by atoms with Crippen LogP contribution in [0.3, 0.4) is 0 Å². The molecule has 0 saturated carbocycles. The summed E-state index contributed by atoms with van der Waals surface area (Å²) in [5.41, 5.74) is 0. The first-order valence-corrected chi connectivity index (χ1v) is 6.90.